The van der Waals surface area contributed by atoms with Gasteiger partial charge in [-0.3, -0.25) is 28.8 Å². The second kappa shape index (κ2) is 15.6. The van der Waals surface area contributed by atoms with Crippen molar-refractivity contribution in [2.45, 2.75) is 104 Å². The molecule has 290 valence electrons. The van der Waals surface area contributed by atoms with Crippen LogP contribution in [0.1, 0.15) is 91.7 Å². The molecule has 4 aliphatic rings. The molecule has 7 unspecified atom stereocenters. The van der Waals surface area contributed by atoms with Gasteiger partial charge in [0.1, 0.15) is 12.1 Å². The molecule has 0 bridgehead atoms. The van der Waals surface area contributed by atoms with Crippen LogP contribution in [0.4, 0.5) is 4.79 Å². The van der Waals surface area contributed by atoms with Gasteiger partial charge in [0.05, 0.1) is 24.5 Å². The predicted molar refractivity (Wildman–Crippen MR) is 196 cm³/mol. The van der Waals surface area contributed by atoms with Gasteiger partial charge >= 0.3 is 6.09 Å². The number of hydrogen-bond donors (Lipinski definition) is 4. The van der Waals surface area contributed by atoms with E-state index in [0.29, 0.717) is 17.9 Å². The van der Waals surface area contributed by atoms with Crippen molar-refractivity contribution in [3.8, 4) is 0 Å². The first kappa shape index (κ1) is 39.9. The van der Waals surface area contributed by atoms with Crippen LogP contribution in [-0.2, 0) is 33.5 Å². The maximum atomic E-state index is 14.3. The summed E-state index contributed by atoms with van der Waals surface area (Å²) in [4.78, 5) is 95.4. The molecule has 13 heteroatoms. The molecule has 0 aromatic heterocycles. The van der Waals surface area contributed by atoms with Crippen LogP contribution < -0.4 is 21.3 Å². The molecule has 0 saturated heterocycles. The van der Waals surface area contributed by atoms with E-state index in [4.69, 9.17) is 4.74 Å². The summed E-state index contributed by atoms with van der Waals surface area (Å²) >= 11 is 0. The number of fused-ring (bicyclic) bond motifs is 1. The molecule has 53 heavy (non-hydrogen) atoms. The number of carbonyl (C=O) groups is 7. The molecule has 13 nitrogen and oxygen atoms in total. The Bertz CT molecular complexity index is 1600. The number of nitrogens with zero attached hydrogens (tertiary/aromatic N) is 1. The van der Waals surface area contributed by atoms with Crippen LogP contribution in [0.2, 0.25) is 0 Å². The van der Waals surface area contributed by atoms with Crippen LogP contribution in [-0.4, -0.2) is 85.0 Å². The lowest BCUT2D eigenvalue weighted by molar-refractivity contribution is -0.142. The largest absolute Gasteiger partial charge is 0.446 e. The van der Waals surface area contributed by atoms with Crippen molar-refractivity contribution in [1.29, 1.82) is 0 Å². The number of Topliss-reactive ketones (excluding diaryl/α,β-unsaturated/α-hetero) is 2. The van der Waals surface area contributed by atoms with Crippen LogP contribution in [0.15, 0.2) is 30.3 Å². The Morgan fingerprint density at radius 1 is 0.925 bits per heavy atom. The lowest BCUT2D eigenvalue weighted by Crippen LogP contribution is -2.55. The van der Waals surface area contributed by atoms with Gasteiger partial charge in [-0.25, -0.2) is 4.79 Å². The van der Waals surface area contributed by atoms with Gasteiger partial charge in [-0.1, -0.05) is 77.8 Å². The Balaban J connectivity index is 1.25. The predicted octanol–water partition coefficient (Wildman–Crippen LogP) is 3.32. The molecule has 5 rings (SSSR count). The minimum Gasteiger partial charge on any atom is -0.446 e. The molecular formula is C40H57N5O8. The second-order valence-electron chi connectivity index (χ2n) is 17.5. The van der Waals surface area contributed by atoms with Crippen LogP contribution in [0.3, 0.4) is 0 Å². The number of alkyl carbamates (subject to hydrolysis) is 1. The number of ether oxygens (including phenoxy) is 1. The molecule has 0 heterocycles. The molecule has 1 aromatic carbocycles. The quantitative estimate of drug-likeness (QED) is 0.187. The Kier molecular flexibility index (Phi) is 11.7. The molecule has 4 aliphatic carbocycles. The summed E-state index contributed by atoms with van der Waals surface area (Å²) in [6.45, 7) is 11.0. The van der Waals surface area contributed by atoms with Crippen LogP contribution in [0, 0.1) is 46.3 Å². The van der Waals surface area contributed by atoms with Gasteiger partial charge in [0.15, 0.2) is 5.78 Å². The van der Waals surface area contributed by atoms with E-state index >= 15 is 0 Å². The number of benzene rings is 1. The third kappa shape index (κ3) is 9.45. The lowest BCUT2D eigenvalue weighted by atomic mass is 9.74. The minimum absolute atomic E-state index is 0.101. The smallest absolute Gasteiger partial charge is 0.408 e. The lowest BCUT2D eigenvalue weighted by Gasteiger charge is -2.35. The van der Waals surface area contributed by atoms with E-state index in [-0.39, 0.29) is 47.4 Å². The van der Waals surface area contributed by atoms with Crippen molar-refractivity contribution >= 4 is 41.3 Å². The number of hydrogen-bond acceptors (Lipinski definition) is 8. The molecule has 4 saturated carbocycles. The van der Waals surface area contributed by atoms with Crippen molar-refractivity contribution in [2.24, 2.45) is 46.3 Å². The van der Waals surface area contributed by atoms with Crippen LogP contribution in [0.25, 0.3) is 0 Å². The third-order valence-corrected chi connectivity index (χ3v) is 11.8. The zero-order chi connectivity index (χ0) is 39.0. The van der Waals surface area contributed by atoms with Crippen molar-refractivity contribution in [1.82, 2.24) is 26.2 Å². The van der Waals surface area contributed by atoms with Gasteiger partial charge in [0, 0.05) is 20.0 Å². The van der Waals surface area contributed by atoms with Crippen molar-refractivity contribution in [2.75, 3.05) is 20.6 Å². The number of amides is 5. The monoisotopic (exact) mass is 735 g/mol. The highest BCUT2D eigenvalue weighted by molar-refractivity contribution is 6.38. The van der Waals surface area contributed by atoms with E-state index in [1.165, 1.54) is 4.90 Å². The molecule has 4 N–H and O–H groups in total. The standard InChI is InChI=1S/C40H57N5O8/c1-21(23-16-17-23)53-38(52)44-34(39(2,3)4)32(47)25-19-26-30(40(26,5)6)29(25)35(49)42-27(18-22-14-15-22)33(48)36(50)41-20-28(46)43-31(37(51)45(7)8)24-12-10-9-11-13-24/h9-13,21-23,25-27,29-31,34H,14-20H2,1-8H3,(H,41,50)(H,42,49)(H,43,46)(H,44,52)/t21?,25?,26?,27?,29?,30?,31?,34-/m1/s1. The summed E-state index contributed by atoms with van der Waals surface area (Å²) in [6.07, 6.45) is 3.56. The Morgan fingerprint density at radius 2 is 1.57 bits per heavy atom. The van der Waals surface area contributed by atoms with Crippen molar-refractivity contribution in [3.63, 3.8) is 0 Å². The first-order valence-corrected chi connectivity index (χ1v) is 19.0. The molecule has 0 aliphatic heterocycles. The van der Waals surface area contributed by atoms with E-state index in [9.17, 15) is 33.6 Å². The van der Waals surface area contributed by atoms with Gasteiger partial charge in [-0.05, 0) is 72.7 Å². The van der Waals surface area contributed by atoms with Gasteiger partial charge in [0.25, 0.3) is 5.91 Å². The summed E-state index contributed by atoms with van der Waals surface area (Å²) < 4.78 is 5.59. The maximum Gasteiger partial charge on any atom is 0.408 e. The number of carbonyl (C=O) groups excluding carboxylic acids is 7. The van der Waals surface area contributed by atoms with Crippen molar-refractivity contribution < 1.29 is 38.3 Å². The molecule has 0 spiro atoms. The Morgan fingerprint density at radius 3 is 2.13 bits per heavy atom. The second-order valence-corrected chi connectivity index (χ2v) is 17.5. The molecule has 0 radical (unpaired) electrons. The summed E-state index contributed by atoms with van der Waals surface area (Å²) in [5.74, 6) is -4.57. The third-order valence-electron chi connectivity index (χ3n) is 11.8. The van der Waals surface area contributed by atoms with Gasteiger partial charge in [-0.2, -0.15) is 0 Å². The minimum atomic E-state index is -1.14. The summed E-state index contributed by atoms with van der Waals surface area (Å²) in [5.41, 5.74) is -0.293. The Hall–Kier alpha value is -4.29. The average Bonchev–Trinajstić information content (AvgIpc) is 4.05. The summed E-state index contributed by atoms with van der Waals surface area (Å²) in [5, 5.41) is 10.7. The van der Waals surface area contributed by atoms with Crippen molar-refractivity contribution in [3.05, 3.63) is 35.9 Å². The van der Waals surface area contributed by atoms with Gasteiger partial charge < -0.3 is 30.9 Å². The van der Waals surface area contributed by atoms with E-state index in [1.807, 2.05) is 27.7 Å². The SMILES string of the molecule is CC(OC(=O)N[C@H](C(=O)C1CC2C(C1C(=O)NC(CC1CC1)C(=O)C(=O)NCC(=O)NC(C(=O)N(C)C)c1ccccc1)C2(C)C)C(C)(C)C)C1CC1. The molecule has 5 amide bonds. The zero-order valence-corrected chi connectivity index (χ0v) is 32.3. The fourth-order valence-corrected chi connectivity index (χ4v) is 8.17. The number of rotatable bonds is 16. The summed E-state index contributed by atoms with van der Waals surface area (Å²) in [6, 6.07) is 5.65. The van der Waals surface area contributed by atoms with Crippen LogP contribution >= 0.6 is 0 Å². The Labute approximate surface area is 312 Å². The average molecular weight is 736 g/mol. The fourth-order valence-electron chi connectivity index (χ4n) is 8.17. The normalized spacial score (nSPS) is 25.0. The fraction of sp³-hybridized carbons (Fsp3) is 0.675. The van der Waals surface area contributed by atoms with Crippen LogP contribution in [0.5, 0.6) is 0 Å². The van der Waals surface area contributed by atoms with Gasteiger partial charge in [0.2, 0.25) is 23.5 Å². The number of nitrogens with one attached hydrogen (secondary N) is 4. The van der Waals surface area contributed by atoms with Gasteiger partial charge in [-0.15, -0.1) is 0 Å². The molecular weight excluding hydrogens is 678 g/mol. The van der Waals surface area contributed by atoms with E-state index in [1.54, 1.807) is 44.4 Å². The molecule has 1 aromatic rings. The van der Waals surface area contributed by atoms with E-state index < -0.39 is 71.5 Å². The number of likely N-dealkylation sites (N-methyl/N-ethyl adjacent to an activating group) is 1. The zero-order valence-electron chi connectivity index (χ0n) is 32.3. The molecule has 4 fully saturated rings. The highest BCUT2D eigenvalue weighted by atomic mass is 16.6. The highest BCUT2D eigenvalue weighted by Crippen LogP contribution is 2.71. The topological polar surface area (TPSA) is 180 Å². The first-order chi connectivity index (χ1) is 24.8. The highest BCUT2D eigenvalue weighted by Gasteiger charge is 2.70. The molecule has 8 atom stereocenters. The number of ketones is 2. The maximum absolute atomic E-state index is 14.3. The van der Waals surface area contributed by atoms with E-state index in [0.717, 1.165) is 25.7 Å². The van der Waals surface area contributed by atoms with E-state index in [2.05, 4.69) is 35.1 Å². The summed E-state index contributed by atoms with van der Waals surface area (Å²) in [7, 11) is 3.14. The first-order valence-electron chi connectivity index (χ1n) is 19.0.